The number of nitrogens with two attached hydrogens (primary N) is 1. The molecular formula is C11H17ClN4O. The van der Waals surface area contributed by atoms with E-state index in [1.807, 2.05) is 0 Å². The number of anilines is 2. The zero-order chi connectivity index (χ0) is 12.3. The quantitative estimate of drug-likeness (QED) is 0.865. The van der Waals surface area contributed by atoms with Crippen LogP contribution in [0.1, 0.15) is 19.8 Å². The lowest BCUT2D eigenvalue weighted by molar-refractivity contribution is 0.0622. The molecule has 1 aromatic heterocycles. The standard InChI is InChI=1S/C11H17ClN4O/c1-7(8-2-4-17-5-3-8)15-10-9(12)6-14-11(13)16-10/h6-8H,2-5H2,1H3,(H3,13,14,15,16). The van der Waals surface area contributed by atoms with Gasteiger partial charge in [0.15, 0.2) is 5.82 Å². The summed E-state index contributed by atoms with van der Waals surface area (Å²) in [7, 11) is 0. The lowest BCUT2D eigenvalue weighted by atomic mass is 9.93. The molecule has 2 rings (SSSR count). The average Bonchev–Trinajstić information content (AvgIpc) is 2.35. The van der Waals surface area contributed by atoms with Crippen molar-refractivity contribution >= 4 is 23.4 Å². The third kappa shape index (κ3) is 3.20. The lowest BCUT2D eigenvalue weighted by Crippen LogP contribution is -2.31. The first kappa shape index (κ1) is 12.4. The molecule has 1 saturated heterocycles. The summed E-state index contributed by atoms with van der Waals surface area (Å²) in [4.78, 5) is 7.93. The minimum Gasteiger partial charge on any atom is -0.381 e. The Hall–Kier alpha value is -1.07. The highest BCUT2D eigenvalue weighted by atomic mass is 35.5. The highest BCUT2D eigenvalue weighted by Crippen LogP contribution is 2.24. The second-order valence-corrected chi connectivity index (χ2v) is 4.71. The van der Waals surface area contributed by atoms with Gasteiger partial charge in [-0.2, -0.15) is 4.98 Å². The van der Waals surface area contributed by atoms with Gasteiger partial charge < -0.3 is 15.8 Å². The predicted molar refractivity (Wildman–Crippen MR) is 68.1 cm³/mol. The normalized spacial score (nSPS) is 18.9. The van der Waals surface area contributed by atoms with Crippen LogP contribution < -0.4 is 11.1 Å². The van der Waals surface area contributed by atoms with Crippen LogP contribution in [0.15, 0.2) is 6.20 Å². The van der Waals surface area contributed by atoms with Crippen molar-refractivity contribution in [2.24, 2.45) is 5.92 Å². The summed E-state index contributed by atoms with van der Waals surface area (Å²) in [5, 5.41) is 3.80. The molecule has 5 nitrogen and oxygen atoms in total. The van der Waals surface area contributed by atoms with Crippen molar-refractivity contribution in [3.8, 4) is 0 Å². The second-order valence-electron chi connectivity index (χ2n) is 4.31. The van der Waals surface area contributed by atoms with Gasteiger partial charge in [0.2, 0.25) is 5.95 Å². The summed E-state index contributed by atoms with van der Waals surface area (Å²) < 4.78 is 5.34. The Morgan fingerprint density at radius 1 is 1.53 bits per heavy atom. The molecule has 1 atom stereocenters. The van der Waals surface area contributed by atoms with Crippen molar-refractivity contribution in [1.82, 2.24) is 9.97 Å². The first-order valence-electron chi connectivity index (χ1n) is 5.79. The molecule has 0 bridgehead atoms. The summed E-state index contributed by atoms with van der Waals surface area (Å²) in [5.74, 6) is 1.42. The molecule has 1 aromatic rings. The summed E-state index contributed by atoms with van der Waals surface area (Å²) >= 11 is 6.01. The Kier molecular flexibility index (Phi) is 4.02. The van der Waals surface area contributed by atoms with Crippen LogP contribution in [0.5, 0.6) is 0 Å². The molecule has 2 heterocycles. The van der Waals surface area contributed by atoms with Crippen molar-refractivity contribution in [3.05, 3.63) is 11.2 Å². The van der Waals surface area contributed by atoms with E-state index in [9.17, 15) is 0 Å². The second kappa shape index (κ2) is 5.51. The fraction of sp³-hybridized carbons (Fsp3) is 0.636. The topological polar surface area (TPSA) is 73.1 Å². The van der Waals surface area contributed by atoms with E-state index >= 15 is 0 Å². The Labute approximate surface area is 106 Å². The molecule has 0 aromatic carbocycles. The highest BCUT2D eigenvalue weighted by Gasteiger charge is 2.21. The maximum absolute atomic E-state index is 6.01. The van der Waals surface area contributed by atoms with Gasteiger partial charge in [-0.15, -0.1) is 0 Å². The average molecular weight is 257 g/mol. The van der Waals surface area contributed by atoms with Crippen LogP contribution in [-0.4, -0.2) is 29.2 Å². The highest BCUT2D eigenvalue weighted by molar-refractivity contribution is 6.32. The smallest absolute Gasteiger partial charge is 0.222 e. The van der Waals surface area contributed by atoms with Crippen molar-refractivity contribution in [1.29, 1.82) is 0 Å². The van der Waals surface area contributed by atoms with Gasteiger partial charge in [0.25, 0.3) is 0 Å². The van der Waals surface area contributed by atoms with E-state index in [-0.39, 0.29) is 5.95 Å². The van der Waals surface area contributed by atoms with Gasteiger partial charge in [-0.25, -0.2) is 4.98 Å². The summed E-state index contributed by atoms with van der Waals surface area (Å²) in [6.07, 6.45) is 3.64. The number of rotatable bonds is 3. The van der Waals surface area contributed by atoms with Crippen molar-refractivity contribution in [2.45, 2.75) is 25.8 Å². The van der Waals surface area contributed by atoms with Crippen LogP contribution >= 0.6 is 11.6 Å². The maximum atomic E-state index is 6.01. The monoisotopic (exact) mass is 256 g/mol. The Bertz CT molecular complexity index is 382. The molecule has 17 heavy (non-hydrogen) atoms. The van der Waals surface area contributed by atoms with E-state index in [2.05, 4.69) is 22.2 Å². The summed E-state index contributed by atoms with van der Waals surface area (Å²) in [5.41, 5.74) is 5.54. The van der Waals surface area contributed by atoms with E-state index < -0.39 is 0 Å². The number of aromatic nitrogens is 2. The van der Waals surface area contributed by atoms with Gasteiger partial charge in [-0.05, 0) is 25.7 Å². The van der Waals surface area contributed by atoms with Crippen LogP contribution in [0.3, 0.4) is 0 Å². The molecule has 0 saturated carbocycles. The van der Waals surface area contributed by atoms with Gasteiger partial charge in [0.05, 0.1) is 6.20 Å². The van der Waals surface area contributed by atoms with E-state index in [1.54, 1.807) is 0 Å². The minimum absolute atomic E-state index is 0.232. The first-order valence-corrected chi connectivity index (χ1v) is 6.17. The van der Waals surface area contributed by atoms with Crippen LogP contribution in [0.2, 0.25) is 5.02 Å². The number of nitrogens with zero attached hydrogens (tertiary/aromatic N) is 2. The third-order valence-electron chi connectivity index (χ3n) is 3.10. The molecule has 0 radical (unpaired) electrons. The molecule has 0 aliphatic carbocycles. The maximum Gasteiger partial charge on any atom is 0.222 e. The molecule has 1 unspecified atom stereocenters. The van der Waals surface area contributed by atoms with Gasteiger partial charge in [-0.3, -0.25) is 0 Å². The van der Waals surface area contributed by atoms with Crippen LogP contribution in [0.25, 0.3) is 0 Å². The molecule has 1 aliphatic rings. The fourth-order valence-electron chi connectivity index (χ4n) is 2.03. The lowest BCUT2D eigenvalue weighted by Gasteiger charge is -2.28. The Balaban J connectivity index is 2.01. The van der Waals surface area contributed by atoms with Crippen LogP contribution in [-0.2, 0) is 4.74 Å². The molecular weight excluding hydrogens is 240 g/mol. The number of ether oxygens (including phenoxy) is 1. The van der Waals surface area contributed by atoms with Crippen molar-refractivity contribution < 1.29 is 4.74 Å². The van der Waals surface area contributed by atoms with E-state index in [1.165, 1.54) is 6.20 Å². The summed E-state index contributed by atoms with van der Waals surface area (Å²) in [6, 6.07) is 0.297. The number of halogens is 1. The number of hydrogen-bond donors (Lipinski definition) is 2. The fourth-order valence-corrected chi connectivity index (χ4v) is 2.18. The van der Waals surface area contributed by atoms with E-state index in [0.717, 1.165) is 26.1 Å². The van der Waals surface area contributed by atoms with Crippen molar-refractivity contribution in [3.63, 3.8) is 0 Å². The molecule has 0 spiro atoms. The van der Waals surface area contributed by atoms with Gasteiger partial charge in [0.1, 0.15) is 5.02 Å². The van der Waals surface area contributed by atoms with Crippen LogP contribution in [0.4, 0.5) is 11.8 Å². The molecule has 1 aliphatic heterocycles. The zero-order valence-electron chi connectivity index (χ0n) is 9.82. The molecule has 0 amide bonds. The number of nitrogens with one attached hydrogen (secondary N) is 1. The minimum atomic E-state index is 0.232. The number of hydrogen-bond acceptors (Lipinski definition) is 5. The van der Waals surface area contributed by atoms with Crippen LogP contribution in [0, 0.1) is 5.92 Å². The molecule has 94 valence electrons. The Morgan fingerprint density at radius 2 is 2.24 bits per heavy atom. The predicted octanol–water partition coefficient (Wildman–Crippen LogP) is 1.94. The van der Waals surface area contributed by atoms with Crippen molar-refractivity contribution in [2.75, 3.05) is 24.3 Å². The largest absolute Gasteiger partial charge is 0.381 e. The Morgan fingerprint density at radius 3 is 2.94 bits per heavy atom. The molecule has 3 N–H and O–H groups in total. The molecule has 6 heteroatoms. The van der Waals surface area contributed by atoms with E-state index in [0.29, 0.717) is 22.8 Å². The van der Waals surface area contributed by atoms with Gasteiger partial charge >= 0.3 is 0 Å². The first-order chi connectivity index (χ1) is 8.16. The molecule has 1 fully saturated rings. The third-order valence-corrected chi connectivity index (χ3v) is 3.38. The summed E-state index contributed by atoms with van der Waals surface area (Å²) in [6.45, 7) is 3.79. The van der Waals surface area contributed by atoms with E-state index in [4.69, 9.17) is 22.1 Å². The SMILES string of the molecule is CC(Nc1nc(N)ncc1Cl)C1CCOCC1. The van der Waals surface area contributed by atoms with Gasteiger partial charge in [0, 0.05) is 19.3 Å². The zero-order valence-corrected chi connectivity index (χ0v) is 10.6. The number of nitrogen functional groups attached to an aromatic ring is 1. The van der Waals surface area contributed by atoms with Gasteiger partial charge in [-0.1, -0.05) is 11.6 Å².